The van der Waals surface area contributed by atoms with E-state index >= 15 is 0 Å². The Labute approximate surface area is 112 Å². The fourth-order valence-electron chi connectivity index (χ4n) is 2.27. The molecule has 2 rings (SSSR count). The van der Waals surface area contributed by atoms with Crippen molar-refractivity contribution in [3.8, 4) is 0 Å². The van der Waals surface area contributed by atoms with Gasteiger partial charge in [0.2, 0.25) is 0 Å². The van der Waals surface area contributed by atoms with Crippen LogP contribution in [0.1, 0.15) is 36.0 Å². The van der Waals surface area contributed by atoms with Gasteiger partial charge in [-0.1, -0.05) is 0 Å². The van der Waals surface area contributed by atoms with Crippen LogP contribution in [0.25, 0.3) is 0 Å². The number of hydrogen-bond donors (Lipinski definition) is 2. The third kappa shape index (κ3) is 3.04. The second kappa shape index (κ2) is 6.02. The summed E-state index contributed by atoms with van der Waals surface area (Å²) in [7, 11) is 0. The molecular weight excluding hydrogens is 247 g/mol. The maximum atomic E-state index is 13.0. The average Bonchev–Trinajstić information content (AvgIpc) is 2.31. The van der Waals surface area contributed by atoms with E-state index < -0.39 is 5.82 Å². The molecule has 0 radical (unpaired) electrons. The van der Waals surface area contributed by atoms with Gasteiger partial charge < -0.3 is 15.7 Å². The summed E-state index contributed by atoms with van der Waals surface area (Å²) in [5.74, 6) is -0.616. The summed E-state index contributed by atoms with van der Waals surface area (Å²) in [5.41, 5.74) is 6.22. The molecule has 104 valence electrons. The molecule has 0 heterocycles. The van der Waals surface area contributed by atoms with E-state index in [2.05, 4.69) is 0 Å². The predicted molar refractivity (Wildman–Crippen MR) is 71.2 cm³/mol. The molecule has 5 heteroatoms. The zero-order chi connectivity index (χ0) is 13.8. The number of carbonyl (C=O) groups is 1. The zero-order valence-electron chi connectivity index (χ0n) is 10.8. The molecule has 0 spiro atoms. The smallest absolute Gasteiger partial charge is 0.256 e. The lowest BCUT2D eigenvalue weighted by molar-refractivity contribution is 0.0563. The summed E-state index contributed by atoms with van der Waals surface area (Å²) in [6.45, 7) is 0.562. The molecular formula is C14H19FN2O2. The highest BCUT2D eigenvalue weighted by Crippen LogP contribution is 2.27. The van der Waals surface area contributed by atoms with E-state index in [4.69, 9.17) is 10.8 Å². The average molecular weight is 266 g/mol. The zero-order valence-corrected chi connectivity index (χ0v) is 10.8. The molecule has 1 saturated carbocycles. The van der Waals surface area contributed by atoms with Gasteiger partial charge in [0.25, 0.3) is 5.91 Å². The summed E-state index contributed by atoms with van der Waals surface area (Å²) in [6.07, 6.45) is 3.63. The fourth-order valence-corrected chi connectivity index (χ4v) is 2.27. The molecule has 3 N–H and O–H groups in total. The quantitative estimate of drug-likeness (QED) is 0.798. The van der Waals surface area contributed by atoms with Crippen LogP contribution in [0, 0.1) is 5.82 Å². The molecule has 1 aliphatic carbocycles. The van der Waals surface area contributed by atoms with E-state index in [-0.39, 0.29) is 24.2 Å². The molecule has 19 heavy (non-hydrogen) atoms. The number of aliphatic hydroxyl groups excluding tert-OH is 1. The van der Waals surface area contributed by atoms with Crippen LogP contribution in [-0.4, -0.2) is 35.1 Å². The Bertz CT molecular complexity index is 461. The van der Waals surface area contributed by atoms with Crippen LogP contribution >= 0.6 is 0 Å². The van der Waals surface area contributed by atoms with Gasteiger partial charge in [-0.15, -0.1) is 0 Å². The summed E-state index contributed by atoms with van der Waals surface area (Å²) in [5, 5.41) is 8.92. The van der Waals surface area contributed by atoms with Crippen molar-refractivity contribution in [2.45, 2.75) is 31.7 Å². The minimum Gasteiger partial charge on any atom is -0.398 e. The molecule has 1 aromatic rings. The van der Waals surface area contributed by atoms with Crippen LogP contribution in [0.4, 0.5) is 10.1 Å². The molecule has 0 atom stereocenters. The van der Waals surface area contributed by atoms with E-state index in [1.807, 2.05) is 0 Å². The first-order chi connectivity index (χ1) is 9.13. The summed E-state index contributed by atoms with van der Waals surface area (Å²) >= 11 is 0. The van der Waals surface area contributed by atoms with E-state index in [9.17, 15) is 9.18 Å². The van der Waals surface area contributed by atoms with E-state index in [1.165, 1.54) is 12.1 Å². The van der Waals surface area contributed by atoms with Gasteiger partial charge in [0.15, 0.2) is 0 Å². The first-order valence-electron chi connectivity index (χ1n) is 6.60. The van der Waals surface area contributed by atoms with Crippen LogP contribution in [0.2, 0.25) is 0 Å². The Morgan fingerprint density at radius 2 is 2.21 bits per heavy atom. The summed E-state index contributed by atoms with van der Waals surface area (Å²) in [4.78, 5) is 14.2. The topological polar surface area (TPSA) is 66.6 Å². The van der Waals surface area contributed by atoms with Crippen LogP contribution in [0.15, 0.2) is 18.2 Å². The molecule has 4 nitrogen and oxygen atoms in total. The highest BCUT2D eigenvalue weighted by Gasteiger charge is 2.29. The fraction of sp³-hybridized carbons (Fsp3) is 0.500. The number of nitrogen functional groups attached to an aromatic ring is 1. The Kier molecular flexibility index (Phi) is 4.37. The molecule has 0 unspecified atom stereocenters. The molecule has 0 aromatic heterocycles. The number of benzene rings is 1. The summed E-state index contributed by atoms with van der Waals surface area (Å²) < 4.78 is 13.0. The molecule has 0 aliphatic heterocycles. The molecule has 1 fully saturated rings. The number of nitrogens with zero attached hydrogens (tertiary/aromatic N) is 1. The number of hydrogen-bond acceptors (Lipinski definition) is 3. The lowest BCUT2D eigenvalue weighted by Gasteiger charge is -2.37. The van der Waals surface area contributed by atoms with Crippen molar-refractivity contribution in [1.82, 2.24) is 4.90 Å². The van der Waals surface area contributed by atoms with Gasteiger partial charge in [0.05, 0.1) is 5.56 Å². The molecule has 1 aliphatic rings. The molecule has 0 bridgehead atoms. The monoisotopic (exact) mass is 266 g/mol. The summed E-state index contributed by atoms with van der Waals surface area (Å²) in [6, 6.07) is 4.06. The van der Waals surface area contributed by atoms with Crippen molar-refractivity contribution < 1.29 is 14.3 Å². The van der Waals surface area contributed by atoms with Crippen molar-refractivity contribution in [1.29, 1.82) is 0 Å². The lowest BCUT2D eigenvalue weighted by atomic mass is 9.90. The third-order valence-electron chi connectivity index (χ3n) is 3.58. The lowest BCUT2D eigenvalue weighted by Crippen LogP contribution is -2.45. The highest BCUT2D eigenvalue weighted by atomic mass is 19.1. The Hall–Kier alpha value is -1.62. The number of carbonyl (C=O) groups excluding carboxylic acids is 1. The maximum Gasteiger partial charge on any atom is 0.256 e. The van der Waals surface area contributed by atoms with E-state index in [0.717, 1.165) is 25.3 Å². The first kappa shape index (κ1) is 13.8. The van der Waals surface area contributed by atoms with Crippen molar-refractivity contribution in [2.24, 2.45) is 0 Å². The van der Waals surface area contributed by atoms with Gasteiger partial charge >= 0.3 is 0 Å². The van der Waals surface area contributed by atoms with Gasteiger partial charge in [-0.05, 0) is 43.9 Å². The van der Waals surface area contributed by atoms with Crippen molar-refractivity contribution in [2.75, 3.05) is 18.9 Å². The Morgan fingerprint density at radius 1 is 1.47 bits per heavy atom. The first-order valence-corrected chi connectivity index (χ1v) is 6.60. The Balaban J connectivity index is 2.17. The maximum absolute atomic E-state index is 13.0. The van der Waals surface area contributed by atoms with E-state index in [1.54, 1.807) is 4.90 Å². The SMILES string of the molecule is Nc1cc(F)ccc1C(=O)N(CCCO)C1CCC1. The second-order valence-electron chi connectivity index (χ2n) is 4.89. The number of anilines is 1. The van der Waals surface area contributed by atoms with Crippen LogP contribution in [-0.2, 0) is 0 Å². The second-order valence-corrected chi connectivity index (χ2v) is 4.89. The predicted octanol–water partition coefficient (Wildman–Crippen LogP) is 1.79. The van der Waals surface area contributed by atoms with Crippen LogP contribution in [0.3, 0.4) is 0 Å². The van der Waals surface area contributed by atoms with Gasteiger partial charge in [-0.25, -0.2) is 4.39 Å². The third-order valence-corrected chi connectivity index (χ3v) is 3.58. The van der Waals surface area contributed by atoms with Gasteiger partial charge in [0, 0.05) is 24.9 Å². The number of halogens is 1. The number of rotatable bonds is 5. The van der Waals surface area contributed by atoms with Gasteiger partial charge in [-0.2, -0.15) is 0 Å². The van der Waals surface area contributed by atoms with Crippen molar-refractivity contribution >= 4 is 11.6 Å². The van der Waals surface area contributed by atoms with Gasteiger partial charge in [-0.3, -0.25) is 4.79 Å². The van der Waals surface area contributed by atoms with E-state index in [0.29, 0.717) is 18.5 Å². The number of amides is 1. The minimum absolute atomic E-state index is 0.0510. The van der Waals surface area contributed by atoms with Crippen LogP contribution < -0.4 is 5.73 Å². The normalized spacial score (nSPS) is 15.1. The van der Waals surface area contributed by atoms with Gasteiger partial charge in [0.1, 0.15) is 5.82 Å². The molecule has 1 aromatic carbocycles. The number of nitrogens with two attached hydrogens (primary N) is 1. The number of aliphatic hydroxyl groups is 1. The van der Waals surface area contributed by atoms with Crippen LogP contribution in [0.5, 0.6) is 0 Å². The van der Waals surface area contributed by atoms with Crippen molar-refractivity contribution in [3.05, 3.63) is 29.6 Å². The molecule has 1 amide bonds. The minimum atomic E-state index is -0.445. The highest BCUT2D eigenvalue weighted by molar-refractivity contribution is 5.99. The largest absolute Gasteiger partial charge is 0.398 e. The Morgan fingerprint density at radius 3 is 2.74 bits per heavy atom. The van der Waals surface area contributed by atoms with Crippen molar-refractivity contribution in [3.63, 3.8) is 0 Å². The molecule has 0 saturated heterocycles. The standard InChI is InChI=1S/C14H19FN2O2/c15-10-5-6-12(13(16)9-10)14(19)17(7-2-8-18)11-3-1-4-11/h5-6,9,11,18H,1-4,7-8,16H2.